The average molecular weight is 425 g/mol. The average Bonchev–Trinajstić information content (AvgIpc) is 3.15. The van der Waals surface area contributed by atoms with E-state index in [-0.39, 0.29) is 29.2 Å². The fourth-order valence-corrected chi connectivity index (χ4v) is 5.19. The summed E-state index contributed by atoms with van der Waals surface area (Å²) in [6, 6.07) is 8.66. The molecule has 1 aliphatic heterocycles. The van der Waals surface area contributed by atoms with E-state index in [0.717, 1.165) is 12.1 Å². The molecule has 2 aromatic carbocycles. The number of carbonyl (C=O) groups excluding carboxylic acids is 1. The number of nitrogens with zero attached hydrogens (tertiary/aromatic N) is 3. The number of rotatable bonds is 5. The number of hydrogen-bond donors (Lipinski definition) is 0. The van der Waals surface area contributed by atoms with Crippen LogP contribution in [-0.2, 0) is 4.79 Å². The van der Waals surface area contributed by atoms with Gasteiger partial charge in [-0.15, -0.1) is 0 Å². The zero-order valence-electron chi connectivity index (χ0n) is 16.4. The maximum absolute atomic E-state index is 14.0. The van der Waals surface area contributed by atoms with Gasteiger partial charge < -0.3 is 4.74 Å². The summed E-state index contributed by atoms with van der Waals surface area (Å²) in [7, 11) is 0. The molecule has 158 valence electrons. The van der Waals surface area contributed by atoms with Gasteiger partial charge in [0.2, 0.25) is 5.91 Å². The maximum atomic E-state index is 14.0. The molecular formula is C23H18F3N3O2. The summed E-state index contributed by atoms with van der Waals surface area (Å²) in [5.74, 6) is -2.03. The Kier molecular flexibility index (Phi) is 4.33. The van der Waals surface area contributed by atoms with Gasteiger partial charge in [-0.25, -0.2) is 18.2 Å². The minimum Gasteiger partial charge on any atom is -0.490 e. The highest BCUT2D eigenvalue weighted by atomic mass is 19.1. The Morgan fingerprint density at radius 1 is 1.16 bits per heavy atom. The van der Waals surface area contributed by atoms with Crippen molar-refractivity contribution in [2.45, 2.75) is 31.7 Å². The van der Waals surface area contributed by atoms with Gasteiger partial charge in [-0.1, -0.05) is 0 Å². The Balaban J connectivity index is 1.23. The number of hydrazone groups is 1. The van der Waals surface area contributed by atoms with Crippen molar-refractivity contribution >= 4 is 12.1 Å². The van der Waals surface area contributed by atoms with Crippen LogP contribution in [0.15, 0.2) is 41.5 Å². The van der Waals surface area contributed by atoms with Crippen molar-refractivity contribution in [3.8, 4) is 11.8 Å². The molecule has 0 aromatic heterocycles. The van der Waals surface area contributed by atoms with Gasteiger partial charge >= 0.3 is 0 Å². The third-order valence-electron chi connectivity index (χ3n) is 6.50. The fraction of sp³-hybridized carbons (Fsp3) is 0.348. The van der Waals surface area contributed by atoms with Crippen LogP contribution in [0, 0.1) is 39.6 Å². The first-order valence-electron chi connectivity index (χ1n) is 9.98. The number of carbonyl (C=O) groups is 1. The summed E-state index contributed by atoms with van der Waals surface area (Å²) in [6.45, 7) is 0.284. The van der Waals surface area contributed by atoms with E-state index in [1.807, 2.05) is 6.07 Å². The summed E-state index contributed by atoms with van der Waals surface area (Å²) in [6.07, 6.45) is 3.80. The molecule has 2 bridgehead atoms. The first kappa shape index (κ1) is 19.6. The van der Waals surface area contributed by atoms with E-state index in [4.69, 9.17) is 10.00 Å². The lowest BCUT2D eigenvalue weighted by Crippen LogP contribution is -2.69. The largest absolute Gasteiger partial charge is 0.490 e. The lowest BCUT2D eigenvalue weighted by atomic mass is 9.35. The molecule has 2 aromatic rings. The smallest absolute Gasteiger partial charge is 0.249 e. The molecule has 1 atom stereocenters. The molecule has 0 N–H and O–H groups in total. The van der Waals surface area contributed by atoms with Crippen molar-refractivity contribution in [2.75, 3.05) is 6.61 Å². The van der Waals surface area contributed by atoms with Gasteiger partial charge in [0.25, 0.3) is 0 Å². The van der Waals surface area contributed by atoms with Gasteiger partial charge in [0.15, 0.2) is 11.6 Å². The minimum absolute atomic E-state index is 0.0847. The van der Waals surface area contributed by atoms with E-state index < -0.39 is 28.9 Å². The van der Waals surface area contributed by atoms with Crippen molar-refractivity contribution < 1.29 is 22.7 Å². The fourth-order valence-electron chi connectivity index (χ4n) is 5.19. The van der Waals surface area contributed by atoms with Gasteiger partial charge in [0.05, 0.1) is 29.7 Å². The van der Waals surface area contributed by atoms with Gasteiger partial charge in [0, 0.05) is 24.1 Å². The summed E-state index contributed by atoms with van der Waals surface area (Å²) >= 11 is 0. The molecular weight excluding hydrogens is 407 g/mol. The zero-order chi connectivity index (χ0) is 21.8. The summed E-state index contributed by atoms with van der Waals surface area (Å²) in [5, 5.41) is 14.3. The molecule has 8 heteroatoms. The molecule has 3 saturated carbocycles. The standard InChI is InChI=1S/C23H18F3N3O2/c24-16-6-15(7-17(25)8-16)19-3-4-28-29(19)21(30)23-10-22(11-23,12-23)13-31-20-2-1-14(9-27)5-18(20)26/h1-2,4-8,19H,3,10-13H2. The van der Waals surface area contributed by atoms with Crippen LogP contribution in [0.3, 0.4) is 0 Å². The Morgan fingerprint density at radius 2 is 1.87 bits per heavy atom. The van der Waals surface area contributed by atoms with Crippen LogP contribution in [0.25, 0.3) is 0 Å². The summed E-state index contributed by atoms with van der Waals surface area (Å²) in [5.41, 5.74) is -0.124. The third kappa shape index (κ3) is 3.16. The highest BCUT2D eigenvalue weighted by Crippen LogP contribution is 2.74. The SMILES string of the molecule is N#Cc1ccc(OCC23CC(C(=O)N4N=CCC4c4cc(F)cc(F)c4)(C2)C3)c(F)c1. The molecule has 3 fully saturated rings. The van der Waals surface area contributed by atoms with Crippen LogP contribution in [0.4, 0.5) is 13.2 Å². The topological polar surface area (TPSA) is 65.7 Å². The Morgan fingerprint density at radius 3 is 2.52 bits per heavy atom. The second kappa shape index (κ2) is 6.84. The van der Waals surface area contributed by atoms with Crippen LogP contribution in [-0.4, -0.2) is 23.7 Å². The van der Waals surface area contributed by atoms with Gasteiger partial charge in [-0.3, -0.25) is 4.79 Å². The first-order chi connectivity index (χ1) is 14.8. The van der Waals surface area contributed by atoms with Crippen LogP contribution in [0.2, 0.25) is 0 Å². The quantitative estimate of drug-likeness (QED) is 0.709. The van der Waals surface area contributed by atoms with E-state index in [1.165, 1.54) is 29.3 Å². The maximum Gasteiger partial charge on any atom is 0.249 e. The molecule has 0 radical (unpaired) electrons. The highest BCUT2D eigenvalue weighted by molar-refractivity contribution is 5.88. The molecule has 6 rings (SSSR count). The number of halogens is 3. The Hall–Kier alpha value is -3.34. The molecule has 3 aliphatic carbocycles. The van der Waals surface area contributed by atoms with E-state index in [9.17, 15) is 18.0 Å². The summed E-state index contributed by atoms with van der Waals surface area (Å²) < 4.78 is 46.9. The van der Waals surface area contributed by atoms with Gasteiger partial charge in [0.1, 0.15) is 11.6 Å². The molecule has 1 unspecified atom stereocenters. The van der Waals surface area contributed by atoms with E-state index in [1.54, 1.807) is 6.21 Å². The van der Waals surface area contributed by atoms with Crippen molar-refractivity contribution in [1.29, 1.82) is 5.26 Å². The minimum atomic E-state index is -0.689. The zero-order valence-corrected chi connectivity index (χ0v) is 16.4. The highest BCUT2D eigenvalue weighted by Gasteiger charge is 2.73. The van der Waals surface area contributed by atoms with Crippen LogP contribution in [0.1, 0.15) is 42.9 Å². The third-order valence-corrected chi connectivity index (χ3v) is 6.50. The monoisotopic (exact) mass is 425 g/mol. The van der Waals surface area contributed by atoms with Crippen molar-refractivity contribution in [3.63, 3.8) is 0 Å². The second-order valence-corrected chi connectivity index (χ2v) is 8.76. The molecule has 1 heterocycles. The van der Waals surface area contributed by atoms with Gasteiger partial charge in [-0.05, 0) is 55.2 Å². The lowest BCUT2D eigenvalue weighted by molar-refractivity contribution is -0.227. The number of hydrogen-bond acceptors (Lipinski definition) is 4. The predicted molar refractivity (Wildman–Crippen MR) is 104 cm³/mol. The second-order valence-electron chi connectivity index (χ2n) is 8.76. The normalized spacial score (nSPS) is 27.9. The van der Waals surface area contributed by atoms with E-state index in [0.29, 0.717) is 31.2 Å². The number of benzene rings is 2. The summed E-state index contributed by atoms with van der Waals surface area (Å²) in [4.78, 5) is 13.2. The Bertz CT molecular complexity index is 1120. The number of amides is 1. The number of ether oxygens (including phenoxy) is 1. The lowest BCUT2D eigenvalue weighted by Gasteiger charge is -2.69. The first-order valence-corrected chi connectivity index (χ1v) is 9.98. The van der Waals surface area contributed by atoms with Crippen molar-refractivity contribution in [1.82, 2.24) is 5.01 Å². The van der Waals surface area contributed by atoms with Crippen LogP contribution < -0.4 is 4.74 Å². The predicted octanol–water partition coefficient (Wildman–Crippen LogP) is 4.48. The van der Waals surface area contributed by atoms with Crippen molar-refractivity contribution in [3.05, 3.63) is 65.0 Å². The molecule has 31 heavy (non-hydrogen) atoms. The molecule has 0 saturated heterocycles. The van der Waals surface area contributed by atoms with Gasteiger partial charge in [-0.2, -0.15) is 10.4 Å². The van der Waals surface area contributed by atoms with Crippen LogP contribution >= 0.6 is 0 Å². The molecule has 4 aliphatic rings. The van der Waals surface area contributed by atoms with E-state index >= 15 is 0 Å². The molecule has 5 nitrogen and oxygen atoms in total. The Labute approximate surface area is 176 Å². The van der Waals surface area contributed by atoms with Crippen molar-refractivity contribution in [2.24, 2.45) is 15.9 Å². The molecule has 0 spiro atoms. The van der Waals surface area contributed by atoms with Crippen LogP contribution in [0.5, 0.6) is 5.75 Å². The molecule has 1 amide bonds. The number of nitriles is 1. The van der Waals surface area contributed by atoms with E-state index in [2.05, 4.69) is 5.10 Å².